The number of ether oxygens (including phenoxy) is 2. The smallest absolute Gasteiger partial charge is 0.227 e. The van der Waals surface area contributed by atoms with Gasteiger partial charge in [-0.15, -0.1) is 0 Å². The van der Waals surface area contributed by atoms with Gasteiger partial charge in [0.15, 0.2) is 11.5 Å². The molecule has 7 nitrogen and oxygen atoms in total. The van der Waals surface area contributed by atoms with E-state index in [4.69, 9.17) is 21.1 Å². The molecule has 2 aliphatic rings. The van der Waals surface area contributed by atoms with Gasteiger partial charge in [0, 0.05) is 26.2 Å². The summed E-state index contributed by atoms with van der Waals surface area (Å²) in [6.45, 7) is 2.21. The van der Waals surface area contributed by atoms with Crippen LogP contribution in [0, 0.1) is 0 Å². The number of hydrogen-bond acceptors (Lipinski definition) is 5. The minimum atomic E-state index is -3.41. The van der Waals surface area contributed by atoms with Crippen LogP contribution in [0.4, 0.5) is 0 Å². The van der Waals surface area contributed by atoms with Gasteiger partial charge < -0.3 is 14.4 Å². The number of fused-ring (bicyclic) bond motifs is 1. The summed E-state index contributed by atoms with van der Waals surface area (Å²) in [4.78, 5) is 14.4. The molecule has 9 heteroatoms. The van der Waals surface area contributed by atoms with Gasteiger partial charge in [0.2, 0.25) is 15.9 Å². The highest BCUT2D eigenvalue weighted by molar-refractivity contribution is 7.88. The topological polar surface area (TPSA) is 76.2 Å². The molecule has 0 saturated carbocycles. The molecule has 0 aliphatic carbocycles. The number of rotatable bonds is 5. The molecule has 0 spiro atoms. The molecule has 0 atom stereocenters. The Morgan fingerprint density at radius 1 is 0.967 bits per heavy atom. The zero-order chi connectivity index (χ0) is 21.1. The molecule has 1 amide bonds. The second-order valence-electron chi connectivity index (χ2n) is 7.30. The summed E-state index contributed by atoms with van der Waals surface area (Å²) in [6.07, 6.45) is 0.174. The number of halogens is 1. The van der Waals surface area contributed by atoms with E-state index in [0.29, 0.717) is 55.9 Å². The lowest BCUT2D eigenvalue weighted by Gasteiger charge is -2.34. The number of sulfonamides is 1. The van der Waals surface area contributed by atoms with E-state index in [1.807, 2.05) is 18.2 Å². The molecule has 0 unspecified atom stereocenters. The normalized spacial score (nSPS) is 17.0. The fourth-order valence-corrected chi connectivity index (χ4v) is 5.45. The highest BCUT2D eigenvalue weighted by Crippen LogP contribution is 2.38. The Labute approximate surface area is 181 Å². The van der Waals surface area contributed by atoms with E-state index in [2.05, 4.69) is 0 Å². The molecule has 2 aliphatic heterocycles. The Morgan fingerprint density at radius 3 is 2.40 bits per heavy atom. The van der Waals surface area contributed by atoms with Gasteiger partial charge in [-0.25, -0.2) is 8.42 Å². The lowest BCUT2D eigenvalue weighted by atomic mass is 10.1. The maximum absolute atomic E-state index is 12.7. The second kappa shape index (κ2) is 8.83. The number of benzene rings is 2. The van der Waals surface area contributed by atoms with E-state index >= 15 is 0 Å². The summed E-state index contributed by atoms with van der Waals surface area (Å²) in [6, 6.07) is 12.6. The van der Waals surface area contributed by atoms with Crippen molar-refractivity contribution in [2.75, 3.05) is 39.4 Å². The lowest BCUT2D eigenvalue weighted by Crippen LogP contribution is -2.51. The minimum absolute atomic E-state index is 0.0303. The quantitative estimate of drug-likeness (QED) is 0.698. The van der Waals surface area contributed by atoms with E-state index in [0.717, 1.165) is 11.1 Å². The molecule has 2 aromatic rings. The highest BCUT2D eigenvalue weighted by atomic mass is 35.5. The van der Waals surface area contributed by atoms with Gasteiger partial charge in [-0.1, -0.05) is 41.9 Å². The van der Waals surface area contributed by atoms with Crippen LogP contribution >= 0.6 is 11.6 Å². The molecule has 0 N–H and O–H groups in total. The SMILES string of the molecule is O=C(Cc1cc(Cl)c2c(c1)OCCO2)N1CCN(S(=O)(=O)Cc2ccccc2)CC1. The third kappa shape index (κ3) is 4.71. The Balaban J connectivity index is 1.35. The van der Waals surface area contributed by atoms with Crippen molar-refractivity contribution in [3.8, 4) is 11.5 Å². The third-order valence-corrected chi connectivity index (χ3v) is 7.32. The van der Waals surface area contributed by atoms with Gasteiger partial charge in [-0.3, -0.25) is 4.79 Å². The maximum atomic E-state index is 12.7. The Morgan fingerprint density at radius 2 is 1.67 bits per heavy atom. The van der Waals surface area contributed by atoms with Crippen LogP contribution in [0.2, 0.25) is 5.02 Å². The summed E-state index contributed by atoms with van der Waals surface area (Å²) in [5.41, 5.74) is 1.50. The summed E-state index contributed by atoms with van der Waals surface area (Å²) in [7, 11) is -3.41. The van der Waals surface area contributed by atoms with Crippen molar-refractivity contribution in [1.82, 2.24) is 9.21 Å². The van der Waals surface area contributed by atoms with Gasteiger partial charge in [0.1, 0.15) is 13.2 Å². The first-order valence-electron chi connectivity index (χ1n) is 9.80. The van der Waals surface area contributed by atoms with Crippen LogP contribution in [0.3, 0.4) is 0 Å². The van der Waals surface area contributed by atoms with Crippen LogP contribution in [-0.4, -0.2) is 62.9 Å². The molecule has 160 valence electrons. The van der Waals surface area contributed by atoms with Crippen molar-refractivity contribution >= 4 is 27.5 Å². The van der Waals surface area contributed by atoms with E-state index in [9.17, 15) is 13.2 Å². The Hall–Kier alpha value is -2.29. The molecule has 0 bridgehead atoms. The average Bonchev–Trinajstić information content (AvgIpc) is 2.74. The molecular formula is C21H23ClN2O5S. The molecule has 2 heterocycles. The molecule has 2 aromatic carbocycles. The van der Waals surface area contributed by atoms with Gasteiger partial charge in [-0.05, 0) is 23.3 Å². The number of amides is 1. The zero-order valence-corrected chi connectivity index (χ0v) is 18.0. The van der Waals surface area contributed by atoms with Crippen molar-refractivity contribution in [3.63, 3.8) is 0 Å². The maximum Gasteiger partial charge on any atom is 0.227 e. The molecule has 0 aromatic heterocycles. The van der Waals surface area contributed by atoms with Crippen molar-refractivity contribution in [1.29, 1.82) is 0 Å². The molecular weight excluding hydrogens is 428 g/mol. The molecule has 30 heavy (non-hydrogen) atoms. The number of carbonyl (C=O) groups is 1. The van der Waals surface area contributed by atoms with Gasteiger partial charge in [0.25, 0.3) is 0 Å². The molecule has 0 radical (unpaired) electrons. The third-order valence-electron chi connectivity index (χ3n) is 5.19. The van der Waals surface area contributed by atoms with E-state index in [1.54, 1.807) is 29.2 Å². The lowest BCUT2D eigenvalue weighted by molar-refractivity contribution is -0.131. The van der Waals surface area contributed by atoms with Crippen molar-refractivity contribution in [3.05, 3.63) is 58.6 Å². The average molecular weight is 451 g/mol. The number of nitrogens with zero attached hydrogens (tertiary/aromatic N) is 2. The monoisotopic (exact) mass is 450 g/mol. The van der Waals surface area contributed by atoms with E-state index < -0.39 is 10.0 Å². The first-order valence-corrected chi connectivity index (χ1v) is 11.8. The van der Waals surface area contributed by atoms with E-state index in [-0.39, 0.29) is 18.1 Å². The van der Waals surface area contributed by atoms with Crippen LogP contribution in [0.1, 0.15) is 11.1 Å². The van der Waals surface area contributed by atoms with E-state index in [1.165, 1.54) is 4.31 Å². The fourth-order valence-electron chi connectivity index (χ4n) is 3.64. The first-order chi connectivity index (χ1) is 14.4. The van der Waals surface area contributed by atoms with Crippen LogP contribution in [0.5, 0.6) is 11.5 Å². The zero-order valence-electron chi connectivity index (χ0n) is 16.4. The highest BCUT2D eigenvalue weighted by Gasteiger charge is 2.29. The van der Waals surface area contributed by atoms with Crippen LogP contribution in [0.15, 0.2) is 42.5 Å². The Bertz CT molecular complexity index is 1020. The predicted molar refractivity (Wildman–Crippen MR) is 113 cm³/mol. The van der Waals surface area contributed by atoms with Gasteiger partial charge in [0.05, 0.1) is 17.2 Å². The van der Waals surface area contributed by atoms with Crippen molar-refractivity contribution in [2.24, 2.45) is 0 Å². The minimum Gasteiger partial charge on any atom is -0.486 e. The van der Waals surface area contributed by atoms with Crippen molar-refractivity contribution < 1.29 is 22.7 Å². The largest absolute Gasteiger partial charge is 0.486 e. The van der Waals surface area contributed by atoms with Gasteiger partial charge in [-0.2, -0.15) is 4.31 Å². The van der Waals surface area contributed by atoms with Crippen molar-refractivity contribution in [2.45, 2.75) is 12.2 Å². The summed E-state index contributed by atoms with van der Waals surface area (Å²) in [5.74, 6) is 0.963. The fraction of sp³-hybridized carbons (Fsp3) is 0.381. The number of hydrogen-bond donors (Lipinski definition) is 0. The molecule has 1 saturated heterocycles. The van der Waals surface area contributed by atoms with Crippen LogP contribution < -0.4 is 9.47 Å². The first kappa shape index (κ1) is 21.0. The Kier molecular flexibility index (Phi) is 6.17. The van der Waals surface area contributed by atoms with Crippen LogP contribution in [-0.2, 0) is 27.0 Å². The summed E-state index contributed by atoms with van der Waals surface area (Å²) >= 11 is 6.25. The molecule has 1 fully saturated rings. The molecule has 4 rings (SSSR count). The predicted octanol–water partition coefficient (Wildman–Crippen LogP) is 2.33. The van der Waals surface area contributed by atoms with Gasteiger partial charge >= 0.3 is 0 Å². The number of carbonyl (C=O) groups excluding carboxylic acids is 1. The summed E-state index contributed by atoms with van der Waals surface area (Å²) < 4.78 is 37.9. The number of piperazine rings is 1. The second-order valence-corrected chi connectivity index (χ2v) is 9.68. The standard InChI is InChI=1S/C21H23ClN2O5S/c22-18-12-17(13-19-21(18)29-11-10-28-19)14-20(25)23-6-8-24(9-7-23)30(26,27)15-16-4-2-1-3-5-16/h1-5,12-13H,6-11,14-15H2. The summed E-state index contributed by atoms with van der Waals surface area (Å²) in [5, 5.41) is 0.423. The van der Waals surface area contributed by atoms with Crippen LogP contribution in [0.25, 0.3) is 0 Å².